The summed E-state index contributed by atoms with van der Waals surface area (Å²) in [5.74, 6) is 2.93. The molecule has 3 aromatic rings. The average Bonchev–Trinajstić information content (AvgIpc) is 3.23. The Hall–Kier alpha value is -3.41. The van der Waals surface area contributed by atoms with E-state index in [1.54, 1.807) is 14.2 Å². The number of aldehydes is 1. The Balaban J connectivity index is 1.81. The van der Waals surface area contributed by atoms with Crippen LogP contribution < -0.4 is 23.8 Å². The Morgan fingerprint density at radius 3 is 2.57 bits per heavy atom. The Kier molecular flexibility index (Phi) is 4.42. The Bertz CT molecular complexity index is 1160. The van der Waals surface area contributed by atoms with Crippen LogP contribution in [0.15, 0.2) is 36.4 Å². The van der Waals surface area contributed by atoms with Crippen LogP contribution in [0.5, 0.6) is 23.0 Å². The van der Waals surface area contributed by atoms with Crippen molar-refractivity contribution < 1.29 is 23.7 Å². The van der Waals surface area contributed by atoms with Crippen molar-refractivity contribution in [1.82, 2.24) is 0 Å². The van der Waals surface area contributed by atoms with Gasteiger partial charge < -0.3 is 28.6 Å². The van der Waals surface area contributed by atoms with Gasteiger partial charge in [-0.25, -0.2) is 0 Å². The number of methoxy groups -OCH3 is 2. The first kappa shape index (κ1) is 18.6. The summed E-state index contributed by atoms with van der Waals surface area (Å²) in [6, 6.07) is 12.3. The van der Waals surface area contributed by atoms with Crippen LogP contribution in [0.1, 0.15) is 24.4 Å². The normalized spacial score (nSPS) is 16.2. The van der Waals surface area contributed by atoms with Crippen molar-refractivity contribution in [3.05, 3.63) is 42.0 Å². The molecule has 0 saturated carbocycles. The lowest BCUT2D eigenvalue weighted by molar-refractivity contribution is -0.108. The lowest BCUT2D eigenvalue weighted by Gasteiger charge is -2.39. The molecule has 0 radical (unpaired) electrons. The molecule has 0 spiro atoms. The average molecular weight is 405 g/mol. The molecule has 0 aliphatic carbocycles. The number of rotatable bonds is 5. The van der Waals surface area contributed by atoms with Crippen LogP contribution in [0, 0.1) is 0 Å². The number of benzene rings is 3. The van der Waals surface area contributed by atoms with Crippen molar-refractivity contribution in [2.24, 2.45) is 0 Å². The Morgan fingerprint density at radius 2 is 1.83 bits per heavy atom. The molecule has 2 aliphatic rings. The molecule has 1 unspecified atom stereocenters. The van der Waals surface area contributed by atoms with Crippen LogP contribution in [-0.4, -0.2) is 34.3 Å². The lowest BCUT2D eigenvalue weighted by atomic mass is 9.84. The van der Waals surface area contributed by atoms with Gasteiger partial charge in [0.2, 0.25) is 6.79 Å². The molecule has 6 heteroatoms. The van der Waals surface area contributed by atoms with E-state index in [2.05, 4.69) is 36.2 Å². The van der Waals surface area contributed by atoms with Crippen molar-refractivity contribution in [3.63, 3.8) is 0 Å². The van der Waals surface area contributed by atoms with Gasteiger partial charge in [0.15, 0.2) is 23.0 Å². The van der Waals surface area contributed by atoms with Crippen LogP contribution in [0.25, 0.3) is 21.9 Å². The zero-order chi connectivity index (χ0) is 20.8. The Labute approximate surface area is 174 Å². The highest BCUT2D eigenvalue weighted by molar-refractivity contribution is 6.05. The molecule has 0 aromatic heterocycles. The second-order valence-electron chi connectivity index (χ2n) is 7.52. The topological polar surface area (TPSA) is 57.2 Å². The van der Waals surface area contributed by atoms with Crippen molar-refractivity contribution in [3.8, 4) is 34.1 Å². The highest BCUT2D eigenvalue weighted by atomic mass is 16.7. The minimum absolute atomic E-state index is 0.0289. The van der Waals surface area contributed by atoms with Gasteiger partial charge in [-0.3, -0.25) is 0 Å². The van der Waals surface area contributed by atoms with E-state index in [0.29, 0.717) is 24.3 Å². The van der Waals surface area contributed by atoms with Gasteiger partial charge in [0, 0.05) is 30.0 Å². The number of carbonyl (C=O) groups is 1. The molecule has 154 valence electrons. The SMILES string of the molecule is COc1ccc2c(c1OC)C(CCC=O)N(C)c1c-2ccc2cc3c(cc12)OCO3. The minimum atomic E-state index is -0.0289. The summed E-state index contributed by atoms with van der Waals surface area (Å²) in [6.45, 7) is 0.242. The maximum atomic E-state index is 11.2. The molecule has 6 nitrogen and oxygen atoms in total. The van der Waals surface area contributed by atoms with Gasteiger partial charge in [-0.15, -0.1) is 0 Å². The summed E-state index contributed by atoms with van der Waals surface area (Å²) in [7, 11) is 5.37. The first-order valence-electron chi connectivity index (χ1n) is 9.96. The maximum Gasteiger partial charge on any atom is 0.231 e. The molecule has 0 saturated heterocycles. The van der Waals surface area contributed by atoms with E-state index in [9.17, 15) is 4.79 Å². The minimum Gasteiger partial charge on any atom is -0.493 e. The summed E-state index contributed by atoms with van der Waals surface area (Å²) >= 11 is 0. The van der Waals surface area contributed by atoms with Crippen LogP contribution in [0.2, 0.25) is 0 Å². The number of carbonyl (C=O) groups excluding carboxylic acids is 1. The second kappa shape index (κ2) is 7.13. The highest BCUT2D eigenvalue weighted by Gasteiger charge is 2.34. The molecule has 3 aromatic carbocycles. The fourth-order valence-electron chi connectivity index (χ4n) is 4.73. The van der Waals surface area contributed by atoms with E-state index in [-0.39, 0.29) is 12.8 Å². The standard InChI is InChI=1S/C24H23NO5/c1-25-18(5-4-10-26)22-15(8-9-19(27-2)24(22)28-3)16-7-6-14-11-20-21(30-13-29-20)12-17(14)23(16)25/h6-12,18H,4-5,13H2,1-3H3. The molecule has 30 heavy (non-hydrogen) atoms. The Morgan fingerprint density at radius 1 is 1.07 bits per heavy atom. The molecule has 5 rings (SSSR count). The predicted molar refractivity (Wildman–Crippen MR) is 115 cm³/mol. The van der Waals surface area contributed by atoms with Crippen LogP contribution >= 0.6 is 0 Å². The van der Waals surface area contributed by atoms with Crippen LogP contribution in [-0.2, 0) is 4.79 Å². The van der Waals surface area contributed by atoms with Gasteiger partial charge in [0.25, 0.3) is 0 Å². The summed E-state index contributed by atoms with van der Waals surface area (Å²) in [5, 5.41) is 2.18. The monoisotopic (exact) mass is 405 g/mol. The zero-order valence-corrected chi connectivity index (χ0v) is 17.2. The largest absolute Gasteiger partial charge is 0.493 e. The van der Waals surface area contributed by atoms with E-state index in [1.165, 1.54) is 0 Å². The number of hydrogen-bond acceptors (Lipinski definition) is 6. The fourth-order valence-corrected chi connectivity index (χ4v) is 4.73. The predicted octanol–water partition coefficient (Wildman–Crippen LogP) is 4.72. The molecule has 0 N–H and O–H groups in total. The smallest absolute Gasteiger partial charge is 0.231 e. The molecular formula is C24H23NO5. The van der Waals surface area contributed by atoms with E-state index in [4.69, 9.17) is 18.9 Å². The van der Waals surface area contributed by atoms with Gasteiger partial charge in [-0.1, -0.05) is 12.1 Å². The van der Waals surface area contributed by atoms with Gasteiger partial charge in [0.1, 0.15) is 6.29 Å². The van der Waals surface area contributed by atoms with Gasteiger partial charge in [-0.2, -0.15) is 0 Å². The molecule has 2 aliphatic heterocycles. The number of hydrogen-bond donors (Lipinski definition) is 0. The zero-order valence-electron chi connectivity index (χ0n) is 17.2. The molecule has 0 fully saturated rings. The van der Waals surface area contributed by atoms with Crippen LogP contribution in [0.3, 0.4) is 0 Å². The summed E-state index contributed by atoms with van der Waals surface area (Å²) in [6.07, 6.45) is 2.11. The molecule has 0 amide bonds. The van der Waals surface area contributed by atoms with E-state index < -0.39 is 0 Å². The fraction of sp³-hybridized carbons (Fsp3) is 0.292. The summed E-state index contributed by atoms with van der Waals surface area (Å²) < 4.78 is 22.5. The lowest BCUT2D eigenvalue weighted by Crippen LogP contribution is -2.29. The first-order chi connectivity index (χ1) is 14.7. The number of fused-ring (bicyclic) bond motifs is 6. The second-order valence-corrected chi connectivity index (χ2v) is 7.52. The van der Waals surface area contributed by atoms with Crippen molar-refractivity contribution in [2.75, 3.05) is 33.0 Å². The summed E-state index contributed by atoms with van der Waals surface area (Å²) in [5.41, 5.74) is 4.37. The molecule has 1 atom stereocenters. The van der Waals surface area contributed by atoms with Gasteiger partial charge in [0.05, 0.1) is 25.9 Å². The quantitative estimate of drug-likeness (QED) is 0.573. The van der Waals surface area contributed by atoms with Gasteiger partial charge in [-0.05, 0) is 41.6 Å². The van der Waals surface area contributed by atoms with Crippen molar-refractivity contribution >= 4 is 22.7 Å². The first-order valence-corrected chi connectivity index (χ1v) is 9.96. The number of ether oxygens (including phenoxy) is 4. The van der Waals surface area contributed by atoms with E-state index in [0.717, 1.165) is 50.9 Å². The molecule has 2 heterocycles. The van der Waals surface area contributed by atoms with Crippen LogP contribution in [0.4, 0.5) is 5.69 Å². The third-order valence-corrected chi connectivity index (χ3v) is 6.07. The highest BCUT2D eigenvalue weighted by Crippen LogP contribution is 2.54. The number of anilines is 1. The maximum absolute atomic E-state index is 11.2. The summed E-state index contributed by atoms with van der Waals surface area (Å²) in [4.78, 5) is 13.5. The molecule has 0 bridgehead atoms. The van der Waals surface area contributed by atoms with E-state index >= 15 is 0 Å². The number of nitrogens with zero attached hydrogens (tertiary/aromatic N) is 1. The van der Waals surface area contributed by atoms with Gasteiger partial charge >= 0.3 is 0 Å². The third-order valence-electron chi connectivity index (χ3n) is 6.07. The van der Waals surface area contributed by atoms with Crippen molar-refractivity contribution in [1.29, 1.82) is 0 Å². The van der Waals surface area contributed by atoms with E-state index in [1.807, 2.05) is 12.1 Å². The molecular weight excluding hydrogens is 382 g/mol. The third kappa shape index (κ3) is 2.60. The van der Waals surface area contributed by atoms with Crippen molar-refractivity contribution in [2.45, 2.75) is 18.9 Å².